The Morgan fingerprint density at radius 3 is 2.21 bits per heavy atom. The number of carbonyl (C=O) groups excluding carboxylic acids is 4. The molecule has 1 aliphatic rings. The number of amides is 4. The first kappa shape index (κ1) is 26.3. The van der Waals surface area contributed by atoms with Gasteiger partial charge in [0.2, 0.25) is 23.6 Å². The van der Waals surface area contributed by atoms with Crippen molar-refractivity contribution in [2.24, 2.45) is 5.92 Å². The maximum Gasteiger partial charge on any atom is 0.475 e. The van der Waals surface area contributed by atoms with Crippen molar-refractivity contribution >= 4 is 30.7 Å². The summed E-state index contributed by atoms with van der Waals surface area (Å²) in [5.41, 5.74) is 0.816. The second-order valence-corrected chi connectivity index (χ2v) is 8.46. The molecule has 0 aromatic heterocycles. The number of carbonyl (C=O) groups is 4. The number of hydrogen-bond acceptors (Lipinski definition) is 6. The average molecular weight is 460 g/mol. The molecule has 10 nitrogen and oxygen atoms in total. The Kier molecular flexibility index (Phi) is 10.3. The maximum atomic E-state index is 13.1. The molecule has 0 radical (unpaired) electrons. The van der Waals surface area contributed by atoms with E-state index >= 15 is 0 Å². The minimum Gasteiger partial charge on any atom is -0.426 e. The van der Waals surface area contributed by atoms with Crippen LogP contribution in [0.5, 0.6) is 0 Å². The average Bonchev–Trinajstić information content (AvgIpc) is 3.30. The zero-order valence-electron chi connectivity index (χ0n) is 19.0. The molecule has 180 valence electrons. The van der Waals surface area contributed by atoms with E-state index < -0.39 is 49.4 Å². The molecule has 3 atom stereocenters. The Hall–Kier alpha value is -2.92. The molecule has 1 aromatic rings. The van der Waals surface area contributed by atoms with Crippen LogP contribution in [0.2, 0.25) is 0 Å². The Labute approximate surface area is 194 Å². The van der Waals surface area contributed by atoms with Gasteiger partial charge in [0.25, 0.3) is 0 Å². The predicted octanol–water partition coefficient (Wildman–Crippen LogP) is -0.958. The smallest absolute Gasteiger partial charge is 0.426 e. The summed E-state index contributed by atoms with van der Waals surface area (Å²) in [6.45, 7) is 2.37. The third-order valence-corrected chi connectivity index (χ3v) is 5.69. The largest absolute Gasteiger partial charge is 0.475 e. The monoisotopic (exact) mass is 460 g/mol. The van der Waals surface area contributed by atoms with Crippen LogP contribution in [-0.2, 0) is 25.6 Å². The molecule has 1 fully saturated rings. The molecule has 11 heteroatoms. The second kappa shape index (κ2) is 13.0. The van der Waals surface area contributed by atoms with Crippen molar-refractivity contribution in [2.45, 2.75) is 64.0 Å². The van der Waals surface area contributed by atoms with Gasteiger partial charge in [0.15, 0.2) is 0 Å². The van der Waals surface area contributed by atoms with Gasteiger partial charge in [-0.1, -0.05) is 43.2 Å². The fraction of sp³-hybridized carbons (Fsp3) is 0.545. The molecule has 0 saturated heterocycles. The van der Waals surface area contributed by atoms with Gasteiger partial charge in [-0.25, -0.2) is 0 Å². The van der Waals surface area contributed by atoms with E-state index in [1.807, 2.05) is 30.3 Å². The predicted molar refractivity (Wildman–Crippen MR) is 122 cm³/mol. The number of benzene rings is 1. The third-order valence-electron chi connectivity index (χ3n) is 5.69. The van der Waals surface area contributed by atoms with E-state index in [9.17, 15) is 19.2 Å². The first-order valence-electron chi connectivity index (χ1n) is 11.2. The van der Waals surface area contributed by atoms with E-state index in [-0.39, 0.29) is 18.2 Å². The Bertz CT molecular complexity index is 816. The van der Waals surface area contributed by atoms with Crippen LogP contribution in [0.4, 0.5) is 0 Å². The van der Waals surface area contributed by atoms with Crippen molar-refractivity contribution < 1.29 is 29.2 Å². The first-order chi connectivity index (χ1) is 15.7. The quantitative estimate of drug-likeness (QED) is 0.234. The standard InChI is InChI=1S/C22H33BN4O6/c1-14(23(32)33)25-19(29)13-24-21(30)18(12-16-8-4-3-5-9-16)27-22(31)20(26-15(2)28)17-10-6-7-11-17/h3-5,8-9,14,17-18,20,32-33H,6-7,10-13H2,1-2H3,(H,24,30)(H,25,29)(H,26,28)(H,27,31)/t14-,18-,20-/m0/s1. The van der Waals surface area contributed by atoms with E-state index in [0.29, 0.717) is 0 Å². The lowest BCUT2D eigenvalue weighted by molar-refractivity contribution is -0.133. The Balaban J connectivity index is 2.08. The normalized spacial score (nSPS) is 16.2. The molecular weight excluding hydrogens is 427 g/mol. The second-order valence-electron chi connectivity index (χ2n) is 8.46. The van der Waals surface area contributed by atoms with Gasteiger partial charge < -0.3 is 31.3 Å². The van der Waals surface area contributed by atoms with Crippen LogP contribution < -0.4 is 21.3 Å². The summed E-state index contributed by atoms with van der Waals surface area (Å²) in [6.07, 6.45) is 3.81. The van der Waals surface area contributed by atoms with Gasteiger partial charge in [0, 0.05) is 13.3 Å². The molecule has 0 spiro atoms. The van der Waals surface area contributed by atoms with Crippen molar-refractivity contribution in [2.75, 3.05) is 6.54 Å². The van der Waals surface area contributed by atoms with Crippen LogP contribution in [-0.4, -0.2) is 65.4 Å². The van der Waals surface area contributed by atoms with Crippen LogP contribution in [0.1, 0.15) is 45.1 Å². The SMILES string of the molecule is CC(=O)N[C@H](C(=O)N[C@@H](Cc1ccccc1)C(=O)NCC(=O)N[C@@H](C)B(O)O)C1CCCC1. The van der Waals surface area contributed by atoms with Gasteiger partial charge in [-0.05, 0) is 31.2 Å². The van der Waals surface area contributed by atoms with E-state index in [0.717, 1.165) is 31.2 Å². The molecule has 6 N–H and O–H groups in total. The third kappa shape index (κ3) is 8.86. The molecule has 0 heterocycles. The maximum absolute atomic E-state index is 13.1. The van der Waals surface area contributed by atoms with Crippen molar-refractivity contribution in [3.05, 3.63) is 35.9 Å². The van der Waals surface area contributed by atoms with Crippen molar-refractivity contribution in [3.63, 3.8) is 0 Å². The van der Waals surface area contributed by atoms with Crippen LogP contribution in [0.15, 0.2) is 30.3 Å². The van der Waals surface area contributed by atoms with Gasteiger partial charge in [-0.3, -0.25) is 19.2 Å². The van der Waals surface area contributed by atoms with E-state index in [1.54, 1.807) is 0 Å². The fourth-order valence-electron chi connectivity index (χ4n) is 3.90. The minimum absolute atomic E-state index is 0.00603. The van der Waals surface area contributed by atoms with Crippen molar-refractivity contribution in [3.8, 4) is 0 Å². The zero-order chi connectivity index (χ0) is 24.4. The lowest BCUT2D eigenvalue weighted by Crippen LogP contribution is -2.57. The molecule has 0 unspecified atom stereocenters. The molecule has 0 aliphatic heterocycles. The van der Waals surface area contributed by atoms with Crippen LogP contribution >= 0.6 is 0 Å². The highest BCUT2D eigenvalue weighted by atomic mass is 16.4. The Morgan fingerprint density at radius 1 is 1.00 bits per heavy atom. The van der Waals surface area contributed by atoms with Gasteiger partial charge in [0.1, 0.15) is 12.1 Å². The van der Waals surface area contributed by atoms with E-state index in [4.69, 9.17) is 10.0 Å². The summed E-state index contributed by atoms with van der Waals surface area (Å²) >= 11 is 0. The zero-order valence-corrected chi connectivity index (χ0v) is 19.0. The molecule has 33 heavy (non-hydrogen) atoms. The summed E-state index contributed by atoms with van der Waals surface area (Å²) in [7, 11) is -1.73. The molecule has 0 bridgehead atoms. The molecule has 1 aliphatic carbocycles. The first-order valence-corrected chi connectivity index (χ1v) is 11.2. The van der Waals surface area contributed by atoms with E-state index in [1.165, 1.54) is 13.8 Å². The minimum atomic E-state index is -1.73. The van der Waals surface area contributed by atoms with Gasteiger partial charge >= 0.3 is 7.12 Å². The summed E-state index contributed by atoms with van der Waals surface area (Å²) < 4.78 is 0. The molecular formula is C22H33BN4O6. The summed E-state index contributed by atoms with van der Waals surface area (Å²) in [4.78, 5) is 49.6. The highest BCUT2D eigenvalue weighted by molar-refractivity contribution is 6.43. The van der Waals surface area contributed by atoms with E-state index in [2.05, 4.69) is 21.3 Å². The highest BCUT2D eigenvalue weighted by Crippen LogP contribution is 2.28. The number of rotatable bonds is 11. The van der Waals surface area contributed by atoms with Gasteiger partial charge in [-0.2, -0.15) is 0 Å². The molecule has 4 amide bonds. The van der Waals surface area contributed by atoms with Crippen LogP contribution in [0, 0.1) is 5.92 Å². The highest BCUT2D eigenvalue weighted by Gasteiger charge is 2.33. The summed E-state index contributed by atoms with van der Waals surface area (Å²) in [6, 6.07) is 7.43. The molecule has 1 saturated carbocycles. The van der Waals surface area contributed by atoms with Crippen LogP contribution in [0.3, 0.4) is 0 Å². The van der Waals surface area contributed by atoms with Gasteiger partial charge in [-0.15, -0.1) is 0 Å². The topological polar surface area (TPSA) is 157 Å². The number of hydrogen-bond donors (Lipinski definition) is 6. The fourth-order valence-corrected chi connectivity index (χ4v) is 3.90. The summed E-state index contributed by atoms with van der Waals surface area (Å²) in [5.74, 6) is -2.81. The Morgan fingerprint density at radius 2 is 1.64 bits per heavy atom. The lowest BCUT2D eigenvalue weighted by atomic mass is 9.81. The van der Waals surface area contributed by atoms with Crippen molar-refractivity contribution in [1.82, 2.24) is 21.3 Å². The van der Waals surface area contributed by atoms with Crippen LogP contribution in [0.25, 0.3) is 0 Å². The molecule has 2 rings (SSSR count). The number of nitrogens with one attached hydrogen (secondary N) is 4. The van der Waals surface area contributed by atoms with Gasteiger partial charge in [0.05, 0.1) is 12.5 Å². The van der Waals surface area contributed by atoms with Crippen molar-refractivity contribution in [1.29, 1.82) is 0 Å². The molecule has 1 aromatic carbocycles. The summed E-state index contributed by atoms with van der Waals surface area (Å²) in [5, 5.41) is 28.5. The lowest BCUT2D eigenvalue weighted by Gasteiger charge is -2.26.